The fourth-order valence-corrected chi connectivity index (χ4v) is 0.627. The van der Waals surface area contributed by atoms with E-state index in [1.807, 2.05) is 6.92 Å². The van der Waals surface area contributed by atoms with Crippen LogP contribution in [0.1, 0.15) is 6.92 Å². The molecule has 1 unspecified atom stereocenters. The largest absolute Gasteiger partial charge is 0.435 e. The van der Waals surface area contributed by atoms with Gasteiger partial charge in [0, 0.05) is 11.6 Å². The Labute approximate surface area is 72.6 Å². The van der Waals surface area contributed by atoms with E-state index in [9.17, 15) is 4.79 Å². The first-order chi connectivity index (χ1) is 4.84. The maximum Gasteiger partial charge on any atom is 0.435 e. The lowest BCUT2D eigenvalue weighted by atomic mass is 10.9. The molecule has 0 bridgehead atoms. The highest BCUT2D eigenvalue weighted by Crippen LogP contribution is 2.11. The lowest BCUT2D eigenvalue weighted by Crippen LogP contribution is -2.38. The minimum Gasteiger partial charge on any atom is -0.280 e. The number of hydrogen-bond acceptors (Lipinski definition) is 3. The first kappa shape index (κ1) is 10.9. The van der Waals surface area contributed by atoms with Gasteiger partial charge < -0.3 is 0 Å². The maximum absolute atomic E-state index is 10.1. The van der Waals surface area contributed by atoms with Crippen molar-refractivity contribution in [3.8, 4) is 0 Å². The standard InChI is InChI=1S/C6H13ClO3Si/c1-5(11(2,3)4)9-10-6(7)8/h5H,1-4H3. The predicted molar refractivity (Wildman–Crippen MR) is 46.2 cm³/mol. The Morgan fingerprint density at radius 3 is 2.18 bits per heavy atom. The van der Waals surface area contributed by atoms with E-state index in [2.05, 4.69) is 24.5 Å². The first-order valence-electron chi connectivity index (χ1n) is 3.37. The van der Waals surface area contributed by atoms with Crippen LogP contribution in [0, 0.1) is 0 Å². The van der Waals surface area contributed by atoms with Crippen molar-refractivity contribution in [2.75, 3.05) is 0 Å². The average molecular weight is 197 g/mol. The van der Waals surface area contributed by atoms with Crippen LogP contribution in [0.2, 0.25) is 19.6 Å². The zero-order valence-electron chi connectivity index (χ0n) is 7.18. The van der Waals surface area contributed by atoms with E-state index in [0.29, 0.717) is 0 Å². The summed E-state index contributed by atoms with van der Waals surface area (Å²) in [6, 6.07) is 0. The molecule has 0 radical (unpaired) electrons. The van der Waals surface area contributed by atoms with Gasteiger partial charge in [-0.05, 0) is 6.92 Å². The Kier molecular flexibility index (Phi) is 4.06. The topological polar surface area (TPSA) is 35.5 Å². The summed E-state index contributed by atoms with van der Waals surface area (Å²) in [4.78, 5) is 19.0. The summed E-state index contributed by atoms with van der Waals surface area (Å²) in [6.07, 6.45) is 0. The lowest BCUT2D eigenvalue weighted by Gasteiger charge is -2.22. The molecule has 5 heteroatoms. The minimum atomic E-state index is -1.39. The molecule has 0 rings (SSSR count). The SMILES string of the molecule is CC(OOC(=O)Cl)[Si](C)(C)C. The zero-order chi connectivity index (χ0) is 9.07. The quantitative estimate of drug-likeness (QED) is 0.301. The summed E-state index contributed by atoms with van der Waals surface area (Å²) >= 11 is 4.90. The highest BCUT2D eigenvalue weighted by molar-refractivity contribution is 6.77. The molecule has 0 aromatic heterocycles. The second-order valence-corrected chi connectivity index (χ2v) is 9.28. The molecule has 1 atom stereocenters. The Hall–Kier alpha value is -0.0631. The molecule has 0 saturated heterocycles. The summed E-state index contributed by atoms with van der Waals surface area (Å²) < 4.78 is 0. The molecule has 0 fully saturated rings. The van der Waals surface area contributed by atoms with Crippen molar-refractivity contribution in [3.63, 3.8) is 0 Å². The minimum absolute atomic E-state index is 0.0369. The number of carbonyl (C=O) groups excluding carboxylic acids is 1. The van der Waals surface area contributed by atoms with Gasteiger partial charge in [0.15, 0.2) is 0 Å². The summed E-state index contributed by atoms with van der Waals surface area (Å²) in [5.74, 6) is 0. The summed E-state index contributed by atoms with van der Waals surface area (Å²) in [6.45, 7) is 8.20. The van der Waals surface area contributed by atoms with Crippen molar-refractivity contribution in [3.05, 3.63) is 0 Å². The number of hydrogen-bond donors (Lipinski definition) is 0. The lowest BCUT2D eigenvalue weighted by molar-refractivity contribution is -0.243. The molecule has 0 aromatic carbocycles. The van der Waals surface area contributed by atoms with E-state index in [1.54, 1.807) is 0 Å². The molecular weight excluding hydrogens is 184 g/mol. The zero-order valence-corrected chi connectivity index (χ0v) is 8.94. The van der Waals surface area contributed by atoms with Crippen molar-refractivity contribution < 1.29 is 14.6 Å². The van der Waals surface area contributed by atoms with Crippen LogP contribution in [0.15, 0.2) is 0 Å². The third-order valence-electron chi connectivity index (χ3n) is 1.48. The van der Waals surface area contributed by atoms with E-state index < -0.39 is 13.5 Å². The van der Waals surface area contributed by atoms with Crippen LogP contribution in [-0.2, 0) is 9.78 Å². The summed E-state index contributed by atoms with van der Waals surface area (Å²) in [5, 5.41) is 0. The molecule has 0 aliphatic heterocycles. The highest BCUT2D eigenvalue weighted by Gasteiger charge is 2.25. The van der Waals surface area contributed by atoms with Gasteiger partial charge in [0.05, 0.1) is 13.8 Å². The molecule has 0 saturated carbocycles. The van der Waals surface area contributed by atoms with Gasteiger partial charge in [-0.15, -0.1) is 0 Å². The van der Waals surface area contributed by atoms with Crippen LogP contribution in [0.25, 0.3) is 0 Å². The Balaban J connectivity index is 3.70. The molecule has 0 aliphatic carbocycles. The average Bonchev–Trinajstić information content (AvgIpc) is 1.80. The smallest absolute Gasteiger partial charge is 0.280 e. The molecule has 0 amide bonds. The van der Waals surface area contributed by atoms with Crippen LogP contribution < -0.4 is 0 Å². The van der Waals surface area contributed by atoms with Crippen molar-refractivity contribution in [2.45, 2.75) is 32.3 Å². The molecule has 0 heterocycles. The van der Waals surface area contributed by atoms with Gasteiger partial charge in [-0.25, -0.2) is 4.79 Å². The van der Waals surface area contributed by atoms with Crippen molar-refractivity contribution in [1.82, 2.24) is 0 Å². The number of halogens is 1. The number of carbonyl (C=O) groups is 1. The van der Waals surface area contributed by atoms with Gasteiger partial charge in [-0.1, -0.05) is 19.6 Å². The third kappa shape index (κ3) is 5.23. The Morgan fingerprint density at radius 1 is 1.45 bits per heavy atom. The summed E-state index contributed by atoms with van der Waals surface area (Å²) in [5.41, 5.74) is -0.958. The Morgan fingerprint density at radius 2 is 1.91 bits per heavy atom. The molecule has 66 valence electrons. The van der Waals surface area contributed by atoms with E-state index in [4.69, 9.17) is 16.5 Å². The second kappa shape index (κ2) is 4.09. The molecular formula is C6H13ClO3Si. The Bertz CT molecular complexity index is 143. The van der Waals surface area contributed by atoms with Crippen LogP contribution in [0.4, 0.5) is 4.79 Å². The van der Waals surface area contributed by atoms with Crippen LogP contribution >= 0.6 is 11.6 Å². The van der Waals surface area contributed by atoms with Crippen molar-refractivity contribution >= 4 is 25.1 Å². The van der Waals surface area contributed by atoms with Crippen LogP contribution in [0.3, 0.4) is 0 Å². The van der Waals surface area contributed by atoms with E-state index in [0.717, 1.165) is 0 Å². The molecule has 0 aromatic rings. The predicted octanol–water partition coefficient (Wildman–Crippen LogP) is 2.56. The molecule has 0 spiro atoms. The van der Waals surface area contributed by atoms with Crippen LogP contribution in [0.5, 0.6) is 0 Å². The van der Waals surface area contributed by atoms with E-state index in [1.165, 1.54) is 0 Å². The normalized spacial score (nSPS) is 14.3. The molecule has 0 aliphatic rings. The van der Waals surface area contributed by atoms with Crippen molar-refractivity contribution in [1.29, 1.82) is 0 Å². The van der Waals surface area contributed by atoms with Crippen molar-refractivity contribution in [2.24, 2.45) is 0 Å². The fraction of sp³-hybridized carbons (Fsp3) is 0.833. The van der Waals surface area contributed by atoms with Gasteiger partial charge in [0.1, 0.15) is 0 Å². The molecule has 3 nitrogen and oxygen atoms in total. The first-order valence-corrected chi connectivity index (χ1v) is 7.32. The summed E-state index contributed by atoms with van der Waals surface area (Å²) in [7, 11) is -1.39. The second-order valence-electron chi connectivity index (χ2n) is 3.43. The highest BCUT2D eigenvalue weighted by atomic mass is 35.5. The van der Waals surface area contributed by atoms with Gasteiger partial charge in [0.2, 0.25) is 0 Å². The molecule has 0 N–H and O–H groups in total. The van der Waals surface area contributed by atoms with E-state index >= 15 is 0 Å². The van der Waals surface area contributed by atoms with Crippen LogP contribution in [-0.4, -0.2) is 19.2 Å². The van der Waals surface area contributed by atoms with Gasteiger partial charge in [-0.2, -0.15) is 4.89 Å². The number of rotatable bonds is 3. The van der Waals surface area contributed by atoms with Gasteiger partial charge >= 0.3 is 5.43 Å². The molecule has 11 heavy (non-hydrogen) atoms. The third-order valence-corrected chi connectivity index (χ3v) is 4.08. The van der Waals surface area contributed by atoms with Gasteiger partial charge in [0.25, 0.3) is 0 Å². The van der Waals surface area contributed by atoms with E-state index in [-0.39, 0.29) is 5.73 Å². The maximum atomic E-state index is 10.1. The fourth-order valence-electron chi connectivity index (χ4n) is 0.254. The van der Waals surface area contributed by atoms with Gasteiger partial charge in [-0.3, -0.25) is 4.89 Å². The monoisotopic (exact) mass is 196 g/mol.